The van der Waals surface area contributed by atoms with Crippen LogP contribution >= 0.6 is 0 Å². The van der Waals surface area contributed by atoms with Crippen molar-refractivity contribution in [2.24, 2.45) is 0 Å². The Balaban J connectivity index is 1.89. The molecule has 6 heteroatoms. The monoisotopic (exact) mass is 310 g/mol. The van der Waals surface area contributed by atoms with Crippen LogP contribution < -0.4 is 5.32 Å². The van der Waals surface area contributed by atoms with Gasteiger partial charge in [-0.3, -0.25) is 0 Å². The van der Waals surface area contributed by atoms with Crippen LogP contribution in [0, 0.1) is 6.92 Å². The van der Waals surface area contributed by atoms with E-state index in [1.807, 2.05) is 20.0 Å². The molecule has 0 amide bonds. The van der Waals surface area contributed by atoms with Gasteiger partial charge in [-0.15, -0.1) is 0 Å². The van der Waals surface area contributed by atoms with Gasteiger partial charge in [0.2, 0.25) is 10.0 Å². The van der Waals surface area contributed by atoms with E-state index in [0.717, 1.165) is 24.0 Å². The third-order valence-electron chi connectivity index (χ3n) is 4.34. The Morgan fingerprint density at radius 1 is 1.29 bits per heavy atom. The quantitative estimate of drug-likeness (QED) is 0.910. The molecule has 0 aliphatic carbocycles. The van der Waals surface area contributed by atoms with Crippen LogP contribution in [0.25, 0.3) is 0 Å². The molecule has 2 aliphatic heterocycles. The minimum absolute atomic E-state index is 0.0701. The molecule has 0 saturated carbocycles. The Kier molecular flexibility index (Phi) is 4.05. The lowest BCUT2D eigenvalue weighted by molar-refractivity contribution is -0.0114. The maximum Gasteiger partial charge on any atom is 0.243 e. The summed E-state index contributed by atoms with van der Waals surface area (Å²) in [7, 11) is -1.56. The Morgan fingerprint density at radius 2 is 1.95 bits per heavy atom. The number of nitrogens with zero attached hydrogens (tertiary/aromatic N) is 1. The first-order valence-corrected chi connectivity index (χ1v) is 8.84. The van der Waals surface area contributed by atoms with Gasteiger partial charge in [-0.2, -0.15) is 4.31 Å². The first kappa shape index (κ1) is 15.0. The zero-order valence-corrected chi connectivity index (χ0v) is 13.3. The van der Waals surface area contributed by atoms with Crippen molar-refractivity contribution in [2.75, 3.05) is 20.1 Å². The molecule has 0 radical (unpaired) electrons. The van der Waals surface area contributed by atoms with Crippen molar-refractivity contribution < 1.29 is 13.2 Å². The highest BCUT2D eigenvalue weighted by Crippen LogP contribution is 2.30. The van der Waals surface area contributed by atoms with Crippen LogP contribution in [0.1, 0.15) is 24.0 Å². The molecule has 2 aliphatic rings. The second-order valence-electron chi connectivity index (χ2n) is 5.90. The molecule has 0 aromatic heterocycles. The third-order valence-corrected chi connectivity index (χ3v) is 6.16. The van der Waals surface area contributed by atoms with Crippen LogP contribution in [0.4, 0.5) is 0 Å². The van der Waals surface area contributed by atoms with E-state index in [2.05, 4.69) is 5.32 Å². The van der Waals surface area contributed by atoms with Gasteiger partial charge in [0.25, 0.3) is 0 Å². The highest BCUT2D eigenvalue weighted by molar-refractivity contribution is 7.89. The lowest BCUT2D eigenvalue weighted by atomic mass is 10.1. The summed E-state index contributed by atoms with van der Waals surface area (Å²) in [5, 5.41) is 3.08. The van der Waals surface area contributed by atoms with Gasteiger partial charge >= 0.3 is 0 Å². The number of hydrogen-bond donors (Lipinski definition) is 1. The summed E-state index contributed by atoms with van der Waals surface area (Å²) in [4.78, 5) is 0.389. The smallest absolute Gasteiger partial charge is 0.243 e. The molecule has 2 saturated heterocycles. The molecular formula is C15H22N2O3S. The Morgan fingerprint density at radius 3 is 2.57 bits per heavy atom. The van der Waals surface area contributed by atoms with Crippen LogP contribution in [-0.2, 0) is 21.3 Å². The van der Waals surface area contributed by atoms with Crippen molar-refractivity contribution >= 4 is 10.0 Å². The number of rotatable bonds is 4. The third kappa shape index (κ3) is 2.85. The predicted octanol–water partition coefficient (Wildman–Crippen LogP) is 1.27. The molecule has 2 atom stereocenters. The summed E-state index contributed by atoms with van der Waals surface area (Å²) in [6.07, 6.45) is 2.08. The van der Waals surface area contributed by atoms with E-state index in [1.165, 1.54) is 0 Å². The van der Waals surface area contributed by atoms with Gasteiger partial charge in [-0.25, -0.2) is 8.42 Å². The average molecular weight is 310 g/mol. The van der Waals surface area contributed by atoms with Gasteiger partial charge in [0.1, 0.15) is 0 Å². The second-order valence-corrected chi connectivity index (χ2v) is 7.84. The molecule has 1 aromatic rings. The van der Waals surface area contributed by atoms with Crippen LogP contribution in [0.3, 0.4) is 0 Å². The van der Waals surface area contributed by atoms with Crippen molar-refractivity contribution in [3.63, 3.8) is 0 Å². The molecule has 21 heavy (non-hydrogen) atoms. The second kappa shape index (κ2) is 5.68. The van der Waals surface area contributed by atoms with Gasteiger partial charge in [0.05, 0.1) is 17.1 Å². The largest absolute Gasteiger partial charge is 0.372 e. The van der Waals surface area contributed by atoms with E-state index in [0.29, 0.717) is 24.5 Å². The standard InChI is InChI=1S/C15H22N2O3S/c1-11-3-6-15(7-12(11)8-16-2)21(18,19)17-9-13-4-5-14(10-17)20-13/h3,6-7,13-14,16H,4-5,8-10H2,1-2H3. The van der Waals surface area contributed by atoms with Crippen molar-refractivity contribution in [1.29, 1.82) is 0 Å². The van der Waals surface area contributed by atoms with Gasteiger partial charge in [0, 0.05) is 19.6 Å². The van der Waals surface area contributed by atoms with Crippen molar-refractivity contribution in [2.45, 2.75) is 43.4 Å². The number of benzene rings is 1. The topological polar surface area (TPSA) is 58.6 Å². The summed E-state index contributed by atoms with van der Waals surface area (Å²) in [6.45, 7) is 3.63. The summed E-state index contributed by atoms with van der Waals surface area (Å²) >= 11 is 0. The maximum atomic E-state index is 12.8. The number of morpholine rings is 1. The first-order chi connectivity index (χ1) is 10.0. The van der Waals surface area contributed by atoms with Crippen molar-refractivity contribution in [3.05, 3.63) is 29.3 Å². The van der Waals surface area contributed by atoms with Gasteiger partial charge in [-0.05, 0) is 50.1 Å². The van der Waals surface area contributed by atoms with E-state index in [1.54, 1.807) is 16.4 Å². The fraction of sp³-hybridized carbons (Fsp3) is 0.600. The Bertz CT molecular complexity index is 618. The summed E-state index contributed by atoms with van der Waals surface area (Å²) < 4.78 is 33.0. The number of hydrogen-bond acceptors (Lipinski definition) is 4. The van der Waals surface area contributed by atoms with Gasteiger partial charge in [-0.1, -0.05) is 6.07 Å². The van der Waals surface area contributed by atoms with Crippen molar-refractivity contribution in [1.82, 2.24) is 9.62 Å². The molecular weight excluding hydrogens is 288 g/mol. The molecule has 116 valence electrons. The van der Waals surface area contributed by atoms with Gasteiger partial charge < -0.3 is 10.1 Å². The molecule has 3 rings (SSSR count). The molecule has 2 bridgehead atoms. The minimum Gasteiger partial charge on any atom is -0.372 e. The van der Waals surface area contributed by atoms with E-state index in [4.69, 9.17) is 4.74 Å². The molecule has 1 aromatic carbocycles. The number of sulfonamides is 1. The highest BCUT2D eigenvalue weighted by Gasteiger charge is 2.39. The molecule has 0 spiro atoms. The van der Waals surface area contributed by atoms with E-state index >= 15 is 0 Å². The van der Waals surface area contributed by atoms with Crippen LogP contribution in [0.15, 0.2) is 23.1 Å². The predicted molar refractivity (Wildman–Crippen MR) is 80.6 cm³/mol. The first-order valence-electron chi connectivity index (χ1n) is 7.40. The van der Waals surface area contributed by atoms with Crippen molar-refractivity contribution in [3.8, 4) is 0 Å². The van der Waals surface area contributed by atoms with Crippen LogP contribution in [0.5, 0.6) is 0 Å². The summed E-state index contributed by atoms with van der Waals surface area (Å²) in [5.41, 5.74) is 2.13. The number of fused-ring (bicyclic) bond motifs is 2. The Labute approximate surface area is 126 Å². The number of nitrogens with one attached hydrogen (secondary N) is 1. The van der Waals surface area contributed by atoms with Gasteiger partial charge in [0.15, 0.2) is 0 Å². The Hall–Kier alpha value is -0.950. The molecule has 5 nitrogen and oxygen atoms in total. The normalized spacial score (nSPS) is 26.2. The molecule has 1 N–H and O–H groups in total. The van der Waals surface area contributed by atoms with Crippen LogP contribution in [0.2, 0.25) is 0 Å². The number of aryl methyl sites for hydroxylation is 1. The minimum atomic E-state index is -3.42. The lowest BCUT2D eigenvalue weighted by Crippen LogP contribution is -2.45. The molecule has 2 fully saturated rings. The lowest BCUT2D eigenvalue weighted by Gasteiger charge is -2.31. The SMILES string of the molecule is CNCc1cc(S(=O)(=O)N2CC3CCC(C2)O3)ccc1C. The fourth-order valence-electron chi connectivity index (χ4n) is 3.11. The number of ether oxygens (including phenoxy) is 1. The zero-order valence-electron chi connectivity index (χ0n) is 12.5. The van der Waals surface area contributed by atoms with E-state index in [9.17, 15) is 8.42 Å². The highest BCUT2D eigenvalue weighted by atomic mass is 32.2. The molecule has 2 heterocycles. The van der Waals surface area contributed by atoms with Crippen LogP contribution in [-0.4, -0.2) is 45.1 Å². The van der Waals surface area contributed by atoms with E-state index in [-0.39, 0.29) is 12.2 Å². The summed E-state index contributed by atoms with van der Waals surface area (Å²) in [6, 6.07) is 5.38. The fourth-order valence-corrected chi connectivity index (χ4v) is 4.67. The molecule has 2 unspecified atom stereocenters. The maximum absolute atomic E-state index is 12.8. The summed E-state index contributed by atoms with van der Waals surface area (Å²) in [5.74, 6) is 0. The van der Waals surface area contributed by atoms with E-state index < -0.39 is 10.0 Å². The zero-order chi connectivity index (χ0) is 15.0. The average Bonchev–Trinajstić information content (AvgIpc) is 2.79.